The second-order valence-corrected chi connectivity index (χ2v) is 4.34. The maximum absolute atomic E-state index is 13.8. The fourth-order valence-electron chi connectivity index (χ4n) is 2.01. The van der Waals surface area contributed by atoms with Gasteiger partial charge in [-0.15, -0.1) is 0 Å². The molecule has 0 aliphatic rings. The first-order chi connectivity index (χ1) is 9.04. The lowest BCUT2D eigenvalue weighted by Crippen LogP contribution is -2.15. The molecule has 19 heavy (non-hydrogen) atoms. The van der Waals surface area contributed by atoms with Gasteiger partial charge < -0.3 is 10.5 Å². The van der Waals surface area contributed by atoms with Crippen molar-refractivity contribution >= 4 is 0 Å². The highest BCUT2D eigenvalue weighted by Gasteiger charge is 2.18. The molecule has 0 bridgehead atoms. The zero-order valence-corrected chi connectivity index (χ0v) is 10.8. The van der Waals surface area contributed by atoms with Gasteiger partial charge in [-0.25, -0.2) is 8.78 Å². The van der Waals surface area contributed by atoms with E-state index in [1.165, 1.54) is 13.2 Å². The molecule has 1 atom stereocenters. The molecular formula is C15H15F2NO. The molecule has 2 aromatic rings. The Bertz CT molecular complexity index is 599. The summed E-state index contributed by atoms with van der Waals surface area (Å²) in [5, 5.41) is 0. The van der Waals surface area contributed by atoms with E-state index in [1.807, 2.05) is 0 Å². The Hall–Kier alpha value is -1.94. The standard InChI is InChI=1S/C15H15F2NO/c1-9-7-11(13(17)8-12(9)16)15(18)10-5-3-4-6-14(10)19-2/h3-8,15H,18H2,1-2H3. The minimum Gasteiger partial charge on any atom is -0.496 e. The summed E-state index contributed by atoms with van der Waals surface area (Å²) in [4.78, 5) is 0. The van der Waals surface area contributed by atoms with E-state index in [2.05, 4.69) is 0 Å². The number of rotatable bonds is 3. The van der Waals surface area contributed by atoms with Gasteiger partial charge in [0.25, 0.3) is 0 Å². The number of methoxy groups -OCH3 is 1. The van der Waals surface area contributed by atoms with Crippen molar-refractivity contribution in [1.82, 2.24) is 0 Å². The largest absolute Gasteiger partial charge is 0.496 e. The van der Waals surface area contributed by atoms with E-state index in [-0.39, 0.29) is 5.56 Å². The normalized spacial score (nSPS) is 12.3. The number of para-hydroxylation sites is 1. The molecule has 0 aromatic heterocycles. The SMILES string of the molecule is COc1ccccc1C(N)c1cc(C)c(F)cc1F. The minimum atomic E-state index is -0.699. The summed E-state index contributed by atoms with van der Waals surface area (Å²) in [5.41, 5.74) is 7.35. The summed E-state index contributed by atoms with van der Waals surface area (Å²) in [6.07, 6.45) is 0. The van der Waals surface area contributed by atoms with Crippen LogP contribution in [0.5, 0.6) is 5.75 Å². The van der Waals surface area contributed by atoms with Crippen LogP contribution in [0.4, 0.5) is 8.78 Å². The average molecular weight is 263 g/mol. The molecule has 4 heteroatoms. The van der Waals surface area contributed by atoms with Gasteiger partial charge in [-0.2, -0.15) is 0 Å². The summed E-state index contributed by atoms with van der Waals surface area (Å²) in [7, 11) is 1.53. The fraction of sp³-hybridized carbons (Fsp3) is 0.200. The van der Waals surface area contributed by atoms with E-state index in [0.717, 1.165) is 6.07 Å². The highest BCUT2D eigenvalue weighted by Crippen LogP contribution is 2.30. The molecule has 2 N–H and O–H groups in total. The lowest BCUT2D eigenvalue weighted by Gasteiger charge is -2.17. The van der Waals surface area contributed by atoms with E-state index < -0.39 is 17.7 Å². The fourth-order valence-corrected chi connectivity index (χ4v) is 2.01. The molecule has 100 valence electrons. The van der Waals surface area contributed by atoms with Crippen LogP contribution >= 0.6 is 0 Å². The van der Waals surface area contributed by atoms with Gasteiger partial charge in [0, 0.05) is 17.2 Å². The molecule has 0 fully saturated rings. The Morgan fingerprint density at radius 2 is 1.74 bits per heavy atom. The summed E-state index contributed by atoms with van der Waals surface area (Å²) < 4.78 is 32.3. The van der Waals surface area contributed by atoms with Crippen LogP contribution in [-0.4, -0.2) is 7.11 Å². The third kappa shape index (κ3) is 2.58. The third-order valence-corrected chi connectivity index (χ3v) is 3.09. The molecule has 0 saturated carbocycles. The van der Waals surface area contributed by atoms with Crippen LogP contribution < -0.4 is 10.5 Å². The molecule has 0 aliphatic carbocycles. The molecule has 0 amide bonds. The molecule has 0 heterocycles. The van der Waals surface area contributed by atoms with Crippen molar-refractivity contribution in [2.75, 3.05) is 7.11 Å². The van der Waals surface area contributed by atoms with Gasteiger partial charge >= 0.3 is 0 Å². The highest BCUT2D eigenvalue weighted by atomic mass is 19.1. The summed E-state index contributed by atoms with van der Waals surface area (Å²) in [5.74, 6) is -0.647. The summed E-state index contributed by atoms with van der Waals surface area (Å²) >= 11 is 0. The predicted octanol–water partition coefficient (Wildman–Crippen LogP) is 3.33. The lowest BCUT2D eigenvalue weighted by molar-refractivity contribution is 0.407. The molecular weight excluding hydrogens is 248 g/mol. The molecule has 0 aliphatic heterocycles. The van der Waals surface area contributed by atoms with Gasteiger partial charge in [0.15, 0.2) is 0 Å². The highest BCUT2D eigenvalue weighted by molar-refractivity contribution is 5.42. The second-order valence-electron chi connectivity index (χ2n) is 4.34. The number of hydrogen-bond acceptors (Lipinski definition) is 2. The van der Waals surface area contributed by atoms with Gasteiger partial charge in [0.1, 0.15) is 17.4 Å². The quantitative estimate of drug-likeness (QED) is 0.921. The summed E-state index contributed by atoms with van der Waals surface area (Å²) in [6, 6.07) is 8.72. The van der Waals surface area contributed by atoms with Crippen LogP contribution in [0, 0.1) is 18.6 Å². The Labute approximate surface area is 110 Å². The van der Waals surface area contributed by atoms with Crippen molar-refractivity contribution in [2.24, 2.45) is 5.73 Å². The van der Waals surface area contributed by atoms with Crippen molar-refractivity contribution in [3.05, 3.63) is 64.7 Å². The average Bonchev–Trinajstić information content (AvgIpc) is 2.42. The number of ether oxygens (including phenoxy) is 1. The van der Waals surface area contributed by atoms with E-state index in [0.29, 0.717) is 16.9 Å². The van der Waals surface area contributed by atoms with Crippen LogP contribution in [0.2, 0.25) is 0 Å². The smallest absolute Gasteiger partial charge is 0.131 e. The van der Waals surface area contributed by atoms with E-state index in [4.69, 9.17) is 10.5 Å². The van der Waals surface area contributed by atoms with Crippen LogP contribution in [0.3, 0.4) is 0 Å². The van der Waals surface area contributed by atoms with Gasteiger partial charge in [-0.05, 0) is 24.6 Å². The number of nitrogens with two attached hydrogens (primary N) is 1. The number of aryl methyl sites for hydroxylation is 1. The number of benzene rings is 2. The van der Waals surface area contributed by atoms with Crippen LogP contribution in [0.25, 0.3) is 0 Å². The second kappa shape index (κ2) is 5.36. The lowest BCUT2D eigenvalue weighted by atomic mass is 9.96. The Kier molecular flexibility index (Phi) is 3.81. The van der Waals surface area contributed by atoms with Gasteiger partial charge in [0.2, 0.25) is 0 Å². The molecule has 2 nitrogen and oxygen atoms in total. The zero-order valence-electron chi connectivity index (χ0n) is 10.8. The number of hydrogen-bond donors (Lipinski definition) is 1. The van der Waals surface area contributed by atoms with Crippen LogP contribution in [-0.2, 0) is 0 Å². The van der Waals surface area contributed by atoms with Crippen molar-refractivity contribution in [3.63, 3.8) is 0 Å². The predicted molar refractivity (Wildman–Crippen MR) is 70.1 cm³/mol. The van der Waals surface area contributed by atoms with Crippen molar-refractivity contribution in [3.8, 4) is 5.75 Å². The number of halogens is 2. The first-order valence-electron chi connectivity index (χ1n) is 5.88. The Balaban J connectivity index is 2.50. The third-order valence-electron chi connectivity index (χ3n) is 3.09. The van der Waals surface area contributed by atoms with E-state index >= 15 is 0 Å². The first kappa shape index (κ1) is 13.5. The van der Waals surface area contributed by atoms with Crippen LogP contribution in [0.1, 0.15) is 22.7 Å². The zero-order chi connectivity index (χ0) is 14.0. The van der Waals surface area contributed by atoms with Crippen molar-refractivity contribution in [2.45, 2.75) is 13.0 Å². The molecule has 2 rings (SSSR count). The first-order valence-corrected chi connectivity index (χ1v) is 5.88. The van der Waals surface area contributed by atoms with Crippen molar-refractivity contribution in [1.29, 1.82) is 0 Å². The topological polar surface area (TPSA) is 35.2 Å². The summed E-state index contributed by atoms with van der Waals surface area (Å²) in [6.45, 7) is 1.58. The maximum Gasteiger partial charge on any atom is 0.131 e. The Morgan fingerprint density at radius 1 is 1.05 bits per heavy atom. The Morgan fingerprint density at radius 3 is 2.42 bits per heavy atom. The molecule has 0 spiro atoms. The molecule has 0 radical (unpaired) electrons. The van der Waals surface area contributed by atoms with Crippen LogP contribution in [0.15, 0.2) is 36.4 Å². The van der Waals surface area contributed by atoms with Gasteiger partial charge in [-0.3, -0.25) is 0 Å². The van der Waals surface area contributed by atoms with Crippen molar-refractivity contribution < 1.29 is 13.5 Å². The van der Waals surface area contributed by atoms with E-state index in [1.54, 1.807) is 31.2 Å². The molecule has 2 aromatic carbocycles. The monoisotopic (exact) mass is 263 g/mol. The molecule has 1 unspecified atom stereocenters. The van der Waals surface area contributed by atoms with E-state index in [9.17, 15) is 8.78 Å². The molecule has 0 saturated heterocycles. The minimum absolute atomic E-state index is 0.253. The maximum atomic E-state index is 13.8. The van der Waals surface area contributed by atoms with Gasteiger partial charge in [-0.1, -0.05) is 18.2 Å². The van der Waals surface area contributed by atoms with Gasteiger partial charge in [0.05, 0.1) is 13.2 Å².